The lowest BCUT2D eigenvalue weighted by Gasteiger charge is -2.45. The van der Waals surface area contributed by atoms with Crippen LogP contribution >= 0.6 is 0 Å². The minimum absolute atomic E-state index is 0.00924. The van der Waals surface area contributed by atoms with Crippen LogP contribution in [0.25, 0.3) is 0 Å². The molecule has 0 spiro atoms. The Morgan fingerprint density at radius 3 is 1.88 bits per heavy atom. The molecule has 0 bridgehead atoms. The highest BCUT2D eigenvalue weighted by atomic mass is 32.2. The lowest BCUT2D eigenvalue weighted by atomic mass is 9.78. The summed E-state index contributed by atoms with van der Waals surface area (Å²) in [6.45, 7) is 13.8. The molecule has 2 atom stereocenters. The van der Waals surface area contributed by atoms with Crippen molar-refractivity contribution in [2.45, 2.75) is 107 Å². The molecular formula is C45H53N5O4SSi. The van der Waals surface area contributed by atoms with Gasteiger partial charge < -0.3 is 14.5 Å². The monoisotopic (exact) mass is 787 g/mol. The molecule has 1 aromatic heterocycles. The average Bonchev–Trinajstić information content (AvgIpc) is 3.94. The van der Waals surface area contributed by atoms with Gasteiger partial charge in [0.15, 0.2) is 18.2 Å². The number of hydrogen-bond acceptors (Lipinski definition) is 6. The van der Waals surface area contributed by atoms with Crippen molar-refractivity contribution in [2.75, 3.05) is 11.9 Å². The smallest absolute Gasteiger partial charge is 0.331 e. The van der Waals surface area contributed by atoms with Gasteiger partial charge in [-0.3, -0.25) is 0 Å². The highest BCUT2D eigenvalue weighted by molar-refractivity contribution is 7.92. The van der Waals surface area contributed by atoms with Crippen molar-refractivity contribution in [3.05, 3.63) is 142 Å². The van der Waals surface area contributed by atoms with Crippen molar-refractivity contribution in [1.29, 1.82) is 0 Å². The molecule has 1 aliphatic heterocycles. The number of anilines is 1. The van der Waals surface area contributed by atoms with Crippen molar-refractivity contribution >= 4 is 30.0 Å². The molecule has 2 N–H and O–H groups in total. The van der Waals surface area contributed by atoms with Crippen molar-refractivity contribution in [3.8, 4) is 5.88 Å². The Balaban J connectivity index is 1.31. The molecule has 0 saturated carbocycles. The second-order valence-corrected chi connectivity index (χ2v) is 23.9. The molecule has 292 valence electrons. The highest BCUT2D eigenvalue weighted by Crippen LogP contribution is 2.45. The number of aryl methyl sites for hydroxylation is 2. The molecule has 11 heteroatoms. The van der Waals surface area contributed by atoms with Gasteiger partial charge in [-0.1, -0.05) is 118 Å². The molecule has 1 unspecified atom stereocenters. The van der Waals surface area contributed by atoms with E-state index >= 15 is 4.21 Å². The summed E-state index contributed by atoms with van der Waals surface area (Å²) in [5.41, 5.74) is 6.22. The van der Waals surface area contributed by atoms with Gasteiger partial charge in [-0.05, 0) is 103 Å². The van der Waals surface area contributed by atoms with E-state index in [1.807, 2.05) is 97.9 Å². The van der Waals surface area contributed by atoms with E-state index in [2.05, 4.69) is 50.0 Å². The van der Waals surface area contributed by atoms with E-state index in [9.17, 15) is 4.79 Å². The fourth-order valence-corrected chi connectivity index (χ4v) is 12.0. The number of hydrogen-bond donors (Lipinski definition) is 2. The number of aromatic nitrogens is 2. The molecule has 2 aliphatic carbocycles. The predicted molar refractivity (Wildman–Crippen MR) is 225 cm³/mol. The first kappa shape index (κ1) is 38.2. The van der Waals surface area contributed by atoms with Crippen molar-refractivity contribution in [1.82, 2.24) is 14.5 Å². The third-order valence-corrected chi connectivity index (χ3v) is 18.6. The Labute approximate surface area is 332 Å². The Kier molecular flexibility index (Phi) is 9.78. The summed E-state index contributed by atoms with van der Waals surface area (Å²) in [6, 6.07) is 31.3. The molecule has 0 radical (unpaired) electrons. The molecular weight excluding hydrogens is 735 g/mol. The molecule has 0 saturated heterocycles. The van der Waals surface area contributed by atoms with E-state index < -0.39 is 35.4 Å². The quantitative estimate of drug-likeness (QED) is 0.114. The zero-order valence-corrected chi connectivity index (χ0v) is 35.2. The largest absolute Gasteiger partial charge is 0.474 e. The van der Waals surface area contributed by atoms with Crippen LogP contribution < -0.4 is 14.8 Å². The summed E-state index contributed by atoms with van der Waals surface area (Å²) in [7, 11) is -6.08. The Morgan fingerprint density at radius 1 is 0.857 bits per heavy atom. The molecule has 8 rings (SSSR count). The number of ether oxygens (including phenoxy) is 1. The Morgan fingerprint density at radius 2 is 1.38 bits per heavy atom. The maximum Gasteiger partial charge on any atom is 0.331 e. The van der Waals surface area contributed by atoms with E-state index in [0.717, 1.165) is 60.9 Å². The standard InChI is InChI=1S/C45H53N5O4SSi/c1-43(2,3)56(5,6)54-44(4)30-50-41(53-31-44)39(29-46-50)55(52,48-42(51)47-40-37-26-16-18-32(37)28-33-19-17-27-38(33)40)49-45(34-20-10-7-11-21-34,35-22-12-8-13-23-35)36-24-14-9-15-25-36/h7-15,20-25,28-29H,16-19,26-27,30-31H2,1-6H3,(H2,47,48,49,51,52)/t44-,55?/m0/s1. The Hall–Kier alpha value is -4.71. The molecule has 4 aromatic carbocycles. The third-order valence-electron chi connectivity index (χ3n) is 12.1. The number of rotatable bonds is 9. The normalized spacial score (nSPS) is 18.9. The lowest BCUT2D eigenvalue weighted by Crippen LogP contribution is -2.54. The number of amides is 2. The average molecular weight is 788 g/mol. The molecule has 0 fully saturated rings. The summed E-state index contributed by atoms with van der Waals surface area (Å²) in [4.78, 5) is 14.8. The number of carbonyl (C=O) groups is 1. The number of fused-ring (bicyclic) bond motifs is 3. The van der Waals surface area contributed by atoms with E-state index in [1.165, 1.54) is 22.3 Å². The maximum absolute atomic E-state index is 16.3. The summed E-state index contributed by atoms with van der Waals surface area (Å²) >= 11 is 0. The molecule has 3 aliphatic rings. The van der Waals surface area contributed by atoms with Gasteiger partial charge in [0.05, 0.1) is 12.7 Å². The predicted octanol–water partition coefficient (Wildman–Crippen LogP) is 9.59. The van der Waals surface area contributed by atoms with Gasteiger partial charge in [0.2, 0.25) is 5.88 Å². The number of nitrogens with zero attached hydrogens (tertiary/aromatic N) is 3. The topological polar surface area (TPSA) is 107 Å². The number of carbonyl (C=O) groups excluding carboxylic acids is 1. The van der Waals surface area contributed by atoms with Gasteiger partial charge >= 0.3 is 6.03 Å². The van der Waals surface area contributed by atoms with Crippen LogP contribution in [0.4, 0.5) is 10.5 Å². The number of benzene rings is 4. The van der Waals surface area contributed by atoms with Gasteiger partial charge in [0.1, 0.15) is 22.6 Å². The van der Waals surface area contributed by atoms with E-state index in [0.29, 0.717) is 12.4 Å². The van der Waals surface area contributed by atoms with Crippen LogP contribution in [0.5, 0.6) is 5.88 Å². The summed E-state index contributed by atoms with van der Waals surface area (Å²) < 4.78 is 40.0. The van der Waals surface area contributed by atoms with Crippen LogP contribution in [0.2, 0.25) is 18.1 Å². The fourth-order valence-electron chi connectivity index (χ4n) is 8.47. The summed E-state index contributed by atoms with van der Waals surface area (Å²) in [5.74, 6) is 0.305. The van der Waals surface area contributed by atoms with Crippen LogP contribution in [-0.2, 0) is 52.1 Å². The molecule has 2 amide bonds. The van der Waals surface area contributed by atoms with Gasteiger partial charge in [-0.25, -0.2) is 18.4 Å². The van der Waals surface area contributed by atoms with Crippen molar-refractivity contribution < 1.29 is 18.2 Å². The van der Waals surface area contributed by atoms with E-state index in [1.54, 1.807) is 10.9 Å². The Bertz CT molecular complexity index is 2260. The maximum atomic E-state index is 16.3. The van der Waals surface area contributed by atoms with Crippen LogP contribution in [0, 0.1) is 0 Å². The SMILES string of the molecule is CC(C)(C)[Si](C)(C)O[C@]1(C)COc2c(S(=O)(=NC(c3ccccc3)(c3ccccc3)c3ccccc3)NC(=O)Nc3c4c(cc5c3CCC5)CCC4)cnn2C1. The zero-order valence-electron chi connectivity index (χ0n) is 33.4. The van der Waals surface area contributed by atoms with Crippen LogP contribution in [0.1, 0.15) is 79.5 Å². The second-order valence-electron chi connectivity index (χ2n) is 17.3. The van der Waals surface area contributed by atoms with Gasteiger partial charge in [-0.15, -0.1) is 0 Å². The van der Waals surface area contributed by atoms with Gasteiger partial charge in [-0.2, -0.15) is 9.46 Å². The first-order valence-corrected chi connectivity index (χ1v) is 24.2. The minimum atomic E-state index is -3.89. The van der Waals surface area contributed by atoms with Crippen molar-refractivity contribution in [3.63, 3.8) is 0 Å². The number of urea groups is 1. The first-order valence-electron chi connectivity index (χ1n) is 19.8. The van der Waals surface area contributed by atoms with E-state index in [4.69, 9.17) is 18.6 Å². The third kappa shape index (κ3) is 6.88. The number of nitrogens with one attached hydrogen (secondary N) is 2. The van der Waals surface area contributed by atoms with Crippen LogP contribution in [0.3, 0.4) is 0 Å². The molecule has 2 heterocycles. The minimum Gasteiger partial charge on any atom is -0.474 e. The highest BCUT2D eigenvalue weighted by Gasteiger charge is 2.47. The molecule has 9 nitrogen and oxygen atoms in total. The van der Waals surface area contributed by atoms with Crippen LogP contribution in [-0.4, -0.2) is 40.5 Å². The summed E-state index contributed by atoms with van der Waals surface area (Å²) in [5, 5.41) is 7.98. The summed E-state index contributed by atoms with van der Waals surface area (Å²) in [6.07, 6.45) is 7.43. The molecule has 5 aromatic rings. The zero-order chi connectivity index (χ0) is 39.3. The lowest BCUT2D eigenvalue weighted by molar-refractivity contribution is -0.0218. The van der Waals surface area contributed by atoms with Crippen LogP contribution in [0.15, 0.2) is 113 Å². The first-order chi connectivity index (χ1) is 26.7. The van der Waals surface area contributed by atoms with E-state index in [-0.39, 0.29) is 16.5 Å². The van der Waals surface area contributed by atoms with Crippen molar-refractivity contribution in [2.24, 2.45) is 4.36 Å². The second kappa shape index (κ2) is 14.3. The van der Waals surface area contributed by atoms with Gasteiger partial charge in [0, 0.05) is 5.69 Å². The molecule has 56 heavy (non-hydrogen) atoms. The van der Waals surface area contributed by atoms with Gasteiger partial charge in [0.25, 0.3) is 0 Å². The fraction of sp³-hybridized carbons (Fsp3) is 0.378.